The molecule has 0 saturated carbocycles. The van der Waals surface area contributed by atoms with Crippen LogP contribution in [-0.2, 0) is 11.2 Å². The molecule has 0 fully saturated rings. The molecule has 0 saturated heterocycles. The van der Waals surface area contributed by atoms with Crippen LogP contribution in [0.15, 0.2) is 30.3 Å². The Morgan fingerprint density at radius 2 is 2.06 bits per heavy atom. The third-order valence-corrected chi connectivity index (χ3v) is 2.50. The van der Waals surface area contributed by atoms with Crippen LogP contribution in [0.5, 0.6) is 0 Å². The van der Waals surface area contributed by atoms with Crippen molar-refractivity contribution in [3.63, 3.8) is 0 Å². The first-order valence-electron chi connectivity index (χ1n) is 5.26. The molecule has 0 aliphatic rings. The van der Waals surface area contributed by atoms with Crippen LogP contribution in [0.2, 0.25) is 0 Å². The largest absolute Gasteiger partial charge is 0.480 e. The van der Waals surface area contributed by atoms with E-state index in [1.54, 1.807) is 19.0 Å². The number of hydrogen-bond acceptors (Lipinski definition) is 3. The summed E-state index contributed by atoms with van der Waals surface area (Å²) in [4.78, 5) is 12.9. The molecule has 0 radical (unpaired) electrons. The number of aliphatic carboxylic acids is 1. The molecule has 0 bridgehead atoms. The number of likely N-dealkylation sites (N-methyl/N-ethyl adjacent to an activating group) is 1. The molecule has 1 aromatic rings. The van der Waals surface area contributed by atoms with E-state index >= 15 is 0 Å². The van der Waals surface area contributed by atoms with E-state index < -0.39 is 12.0 Å². The first-order valence-corrected chi connectivity index (χ1v) is 5.26. The molecule has 0 aliphatic carbocycles. The molecule has 0 amide bonds. The Labute approximate surface area is 95.9 Å². The van der Waals surface area contributed by atoms with Gasteiger partial charge >= 0.3 is 5.97 Å². The standard InChI is InChI=1S/C12H18N2O2/c1-13-9-14(2)11(12(15)16)8-10-6-4-3-5-7-10/h3-7,11,13H,8-9H2,1-2H3,(H,15,16). The molecule has 1 aromatic carbocycles. The van der Waals surface area contributed by atoms with E-state index in [1.807, 2.05) is 30.3 Å². The number of rotatable bonds is 6. The molecule has 2 N–H and O–H groups in total. The summed E-state index contributed by atoms with van der Waals surface area (Å²) in [6.07, 6.45) is 0.522. The highest BCUT2D eigenvalue weighted by atomic mass is 16.4. The molecule has 1 unspecified atom stereocenters. The number of carboxylic acid groups (broad SMARTS) is 1. The average Bonchev–Trinajstić information content (AvgIpc) is 2.27. The number of benzene rings is 1. The molecular formula is C12H18N2O2. The lowest BCUT2D eigenvalue weighted by Crippen LogP contribution is -2.43. The Balaban J connectivity index is 2.69. The summed E-state index contributed by atoms with van der Waals surface area (Å²) in [5.74, 6) is -0.790. The molecule has 1 rings (SSSR count). The molecule has 4 nitrogen and oxygen atoms in total. The van der Waals surface area contributed by atoms with Crippen LogP contribution in [-0.4, -0.2) is 42.8 Å². The van der Waals surface area contributed by atoms with Crippen molar-refractivity contribution in [2.75, 3.05) is 20.8 Å². The van der Waals surface area contributed by atoms with Gasteiger partial charge in [0.05, 0.1) is 0 Å². The van der Waals surface area contributed by atoms with Crippen LogP contribution in [0, 0.1) is 0 Å². The fourth-order valence-electron chi connectivity index (χ4n) is 1.63. The maximum Gasteiger partial charge on any atom is 0.321 e. The van der Waals surface area contributed by atoms with Gasteiger partial charge in [0.25, 0.3) is 0 Å². The minimum Gasteiger partial charge on any atom is -0.480 e. The van der Waals surface area contributed by atoms with Crippen molar-refractivity contribution in [2.24, 2.45) is 0 Å². The van der Waals surface area contributed by atoms with Gasteiger partial charge in [-0.25, -0.2) is 0 Å². The summed E-state index contributed by atoms with van der Waals surface area (Å²) >= 11 is 0. The van der Waals surface area contributed by atoms with Crippen molar-refractivity contribution in [2.45, 2.75) is 12.5 Å². The predicted molar refractivity (Wildman–Crippen MR) is 63.3 cm³/mol. The number of hydrogen-bond donors (Lipinski definition) is 2. The minimum atomic E-state index is -0.790. The smallest absolute Gasteiger partial charge is 0.321 e. The molecule has 88 valence electrons. The highest BCUT2D eigenvalue weighted by molar-refractivity contribution is 5.73. The average molecular weight is 222 g/mol. The van der Waals surface area contributed by atoms with Gasteiger partial charge in [0.15, 0.2) is 0 Å². The van der Waals surface area contributed by atoms with Gasteiger partial charge < -0.3 is 10.4 Å². The quantitative estimate of drug-likeness (QED) is 0.699. The van der Waals surface area contributed by atoms with Crippen LogP contribution < -0.4 is 5.32 Å². The van der Waals surface area contributed by atoms with E-state index in [-0.39, 0.29) is 0 Å². The normalized spacial score (nSPS) is 12.7. The monoisotopic (exact) mass is 222 g/mol. The van der Waals surface area contributed by atoms with E-state index in [9.17, 15) is 4.79 Å². The summed E-state index contributed by atoms with van der Waals surface area (Å²) in [5, 5.41) is 12.1. The highest BCUT2D eigenvalue weighted by Crippen LogP contribution is 2.07. The van der Waals surface area contributed by atoms with Crippen molar-refractivity contribution in [1.82, 2.24) is 10.2 Å². The zero-order valence-corrected chi connectivity index (χ0v) is 9.68. The fraction of sp³-hybridized carbons (Fsp3) is 0.417. The Kier molecular flexibility index (Phi) is 4.95. The van der Waals surface area contributed by atoms with Gasteiger partial charge in [-0.15, -0.1) is 0 Å². The number of carbonyl (C=O) groups is 1. The van der Waals surface area contributed by atoms with Crippen molar-refractivity contribution < 1.29 is 9.90 Å². The van der Waals surface area contributed by atoms with Gasteiger partial charge in [-0.1, -0.05) is 30.3 Å². The topological polar surface area (TPSA) is 52.6 Å². The summed E-state index contributed by atoms with van der Waals surface area (Å²) in [5.41, 5.74) is 1.04. The molecule has 0 heterocycles. The second kappa shape index (κ2) is 6.25. The van der Waals surface area contributed by atoms with Gasteiger partial charge in [0.1, 0.15) is 6.04 Å². The lowest BCUT2D eigenvalue weighted by Gasteiger charge is -2.24. The van der Waals surface area contributed by atoms with Crippen LogP contribution in [0.3, 0.4) is 0 Å². The second-order valence-corrected chi connectivity index (χ2v) is 3.81. The zero-order chi connectivity index (χ0) is 12.0. The Hall–Kier alpha value is -1.39. The third-order valence-electron chi connectivity index (χ3n) is 2.50. The lowest BCUT2D eigenvalue weighted by atomic mass is 10.1. The molecule has 1 atom stereocenters. The number of nitrogens with zero attached hydrogens (tertiary/aromatic N) is 1. The minimum absolute atomic E-state index is 0.491. The predicted octanol–water partition coefficient (Wildman–Crippen LogP) is 0.791. The van der Waals surface area contributed by atoms with Gasteiger partial charge in [-0.2, -0.15) is 0 Å². The van der Waals surface area contributed by atoms with E-state index in [1.165, 1.54) is 0 Å². The maximum atomic E-state index is 11.2. The summed E-state index contributed by atoms with van der Waals surface area (Å²) in [6.45, 7) is 0.559. The summed E-state index contributed by atoms with van der Waals surface area (Å²) < 4.78 is 0. The van der Waals surface area contributed by atoms with E-state index in [0.717, 1.165) is 5.56 Å². The molecular weight excluding hydrogens is 204 g/mol. The van der Waals surface area contributed by atoms with Gasteiger partial charge in [0.2, 0.25) is 0 Å². The van der Waals surface area contributed by atoms with Crippen molar-refractivity contribution >= 4 is 5.97 Å². The highest BCUT2D eigenvalue weighted by Gasteiger charge is 2.22. The molecule has 16 heavy (non-hydrogen) atoms. The van der Waals surface area contributed by atoms with Crippen molar-refractivity contribution in [1.29, 1.82) is 0 Å². The van der Waals surface area contributed by atoms with Crippen LogP contribution in [0.25, 0.3) is 0 Å². The zero-order valence-electron chi connectivity index (χ0n) is 9.68. The molecule has 0 aliphatic heterocycles. The number of nitrogens with one attached hydrogen (secondary N) is 1. The summed E-state index contributed by atoms with van der Waals surface area (Å²) in [7, 11) is 3.61. The van der Waals surface area contributed by atoms with Crippen molar-refractivity contribution in [3.8, 4) is 0 Å². The Morgan fingerprint density at radius 1 is 1.44 bits per heavy atom. The molecule has 0 aromatic heterocycles. The van der Waals surface area contributed by atoms with E-state index in [4.69, 9.17) is 5.11 Å². The van der Waals surface area contributed by atoms with E-state index in [0.29, 0.717) is 13.1 Å². The Morgan fingerprint density at radius 3 is 2.56 bits per heavy atom. The fourth-order valence-corrected chi connectivity index (χ4v) is 1.63. The molecule has 4 heteroatoms. The molecule has 0 spiro atoms. The SMILES string of the molecule is CNCN(C)C(Cc1ccccc1)C(=O)O. The first-order chi connectivity index (χ1) is 7.65. The van der Waals surface area contributed by atoms with Gasteiger partial charge in [-0.05, 0) is 26.1 Å². The van der Waals surface area contributed by atoms with Crippen molar-refractivity contribution in [3.05, 3.63) is 35.9 Å². The van der Waals surface area contributed by atoms with Crippen LogP contribution >= 0.6 is 0 Å². The second-order valence-electron chi connectivity index (χ2n) is 3.81. The number of carboxylic acids is 1. The first kappa shape index (κ1) is 12.7. The lowest BCUT2D eigenvalue weighted by molar-refractivity contribution is -0.142. The van der Waals surface area contributed by atoms with Gasteiger partial charge in [-0.3, -0.25) is 9.69 Å². The summed E-state index contributed by atoms with van der Waals surface area (Å²) in [6, 6.07) is 9.18. The van der Waals surface area contributed by atoms with Crippen LogP contribution in [0.1, 0.15) is 5.56 Å². The Bertz CT molecular complexity index is 327. The third kappa shape index (κ3) is 3.64. The maximum absolute atomic E-state index is 11.2. The van der Waals surface area contributed by atoms with Gasteiger partial charge in [0, 0.05) is 6.67 Å². The van der Waals surface area contributed by atoms with E-state index in [2.05, 4.69) is 5.32 Å². The van der Waals surface area contributed by atoms with Crippen LogP contribution in [0.4, 0.5) is 0 Å².